The number of nitrogens with one attached hydrogen (secondary N) is 1. The summed E-state index contributed by atoms with van der Waals surface area (Å²) in [5.41, 5.74) is 0. The predicted molar refractivity (Wildman–Crippen MR) is 87.4 cm³/mol. The largest absolute Gasteiger partial charge is 0.493 e. The van der Waals surface area contributed by atoms with Gasteiger partial charge in [-0.05, 0) is 31.4 Å². The molecule has 1 amide bonds. The first-order valence-electron chi connectivity index (χ1n) is 8.35. The maximum atomic E-state index is 12.0. The molecule has 0 heterocycles. The molecule has 0 saturated heterocycles. The molecule has 1 aliphatic carbocycles. The van der Waals surface area contributed by atoms with Crippen LogP contribution in [-0.2, 0) is 4.79 Å². The molecule has 122 valence electrons. The van der Waals surface area contributed by atoms with Crippen LogP contribution in [0.1, 0.15) is 51.4 Å². The molecule has 1 aliphatic rings. The zero-order valence-corrected chi connectivity index (χ0v) is 13.5. The second-order valence-electron chi connectivity index (χ2n) is 5.86. The highest BCUT2D eigenvalue weighted by molar-refractivity contribution is 5.76. The standard InChI is InChI=1S/C18H27NO3/c1-21-16-11-6-7-12-17(16)22-14-8-13-18(20)19-15-9-4-2-3-5-10-15/h6-7,11-12,15H,2-5,8-10,13-14H2,1H3,(H,19,20). The minimum atomic E-state index is 0.149. The topological polar surface area (TPSA) is 47.6 Å². The van der Waals surface area contributed by atoms with Crippen molar-refractivity contribution < 1.29 is 14.3 Å². The third-order valence-corrected chi connectivity index (χ3v) is 4.10. The molecule has 2 rings (SSSR count). The van der Waals surface area contributed by atoms with E-state index in [-0.39, 0.29) is 5.91 Å². The molecular formula is C18H27NO3. The number of rotatable bonds is 7. The van der Waals surface area contributed by atoms with E-state index >= 15 is 0 Å². The highest BCUT2D eigenvalue weighted by Crippen LogP contribution is 2.25. The van der Waals surface area contributed by atoms with E-state index < -0.39 is 0 Å². The average Bonchev–Trinajstić information content (AvgIpc) is 2.80. The van der Waals surface area contributed by atoms with Crippen LogP contribution < -0.4 is 14.8 Å². The van der Waals surface area contributed by atoms with Crippen LogP contribution in [0.2, 0.25) is 0 Å². The fraction of sp³-hybridized carbons (Fsp3) is 0.611. The van der Waals surface area contributed by atoms with Crippen molar-refractivity contribution >= 4 is 5.91 Å². The Kier molecular flexibility index (Phi) is 7.07. The normalized spacial score (nSPS) is 15.9. The monoisotopic (exact) mass is 305 g/mol. The summed E-state index contributed by atoms with van der Waals surface area (Å²) in [7, 11) is 1.63. The van der Waals surface area contributed by atoms with Gasteiger partial charge < -0.3 is 14.8 Å². The van der Waals surface area contributed by atoms with Crippen molar-refractivity contribution in [3.8, 4) is 11.5 Å². The third-order valence-electron chi connectivity index (χ3n) is 4.10. The highest BCUT2D eigenvalue weighted by atomic mass is 16.5. The molecule has 0 atom stereocenters. The molecule has 1 N–H and O–H groups in total. The van der Waals surface area contributed by atoms with Gasteiger partial charge in [0.05, 0.1) is 13.7 Å². The number of benzene rings is 1. The molecule has 4 nitrogen and oxygen atoms in total. The Morgan fingerprint density at radius 2 is 1.82 bits per heavy atom. The van der Waals surface area contributed by atoms with Crippen LogP contribution >= 0.6 is 0 Å². The van der Waals surface area contributed by atoms with E-state index in [9.17, 15) is 4.79 Å². The van der Waals surface area contributed by atoms with Gasteiger partial charge in [-0.2, -0.15) is 0 Å². The lowest BCUT2D eigenvalue weighted by Gasteiger charge is -2.16. The van der Waals surface area contributed by atoms with Gasteiger partial charge >= 0.3 is 0 Å². The molecule has 0 unspecified atom stereocenters. The van der Waals surface area contributed by atoms with Gasteiger partial charge in [-0.25, -0.2) is 0 Å². The van der Waals surface area contributed by atoms with E-state index in [0.717, 1.165) is 30.8 Å². The summed E-state index contributed by atoms with van der Waals surface area (Å²) < 4.78 is 10.9. The molecule has 0 spiro atoms. The van der Waals surface area contributed by atoms with Crippen molar-refractivity contribution in [1.29, 1.82) is 0 Å². The molecule has 0 radical (unpaired) electrons. The van der Waals surface area contributed by atoms with Gasteiger partial charge in [0, 0.05) is 12.5 Å². The summed E-state index contributed by atoms with van der Waals surface area (Å²) in [6.45, 7) is 0.526. The van der Waals surface area contributed by atoms with E-state index in [0.29, 0.717) is 19.1 Å². The first kappa shape index (κ1) is 16.7. The first-order valence-corrected chi connectivity index (χ1v) is 8.35. The van der Waals surface area contributed by atoms with Crippen LogP contribution in [0.3, 0.4) is 0 Å². The third kappa shape index (κ3) is 5.58. The summed E-state index contributed by atoms with van der Waals surface area (Å²) in [4.78, 5) is 12.0. The maximum absolute atomic E-state index is 12.0. The molecule has 1 saturated carbocycles. The van der Waals surface area contributed by atoms with Gasteiger partial charge in [0.15, 0.2) is 11.5 Å². The number of carbonyl (C=O) groups excluding carboxylic acids is 1. The summed E-state index contributed by atoms with van der Waals surface area (Å²) >= 11 is 0. The zero-order valence-electron chi connectivity index (χ0n) is 13.5. The Balaban J connectivity index is 1.64. The van der Waals surface area contributed by atoms with Crippen LogP contribution in [0.5, 0.6) is 11.5 Å². The van der Waals surface area contributed by atoms with Crippen LogP contribution in [0, 0.1) is 0 Å². The van der Waals surface area contributed by atoms with Crippen molar-refractivity contribution in [1.82, 2.24) is 5.32 Å². The van der Waals surface area contributed by atoms with E-state index in [2.05, 4.69) is 5.32 Å². The fourth-order valence-corrected chi connectivity index (χ4v) is 2.88. The molecule has 0 bridgehead atoms. The molecule has 1 fully saturated rings. The number of hydrogen-bond acceptors (Lipinski definition) is 3. The van der Waals surface area contributed by atoms with Gasteiger partial charge in [-0.1, -0.05) is 37.8 Å². The quantitative estimate of drug-likeness (QED) is 0.617. The summed E-state index contributed by atoms with van der Waals surface area (Å²) in [6, 6.07) is 7.95. The number of methoxy groups -OCH3 is 1. The summed E-state index contributed by atoms with van der Waals surface area (Å²) in [6.07, 6.45) is 8.58. The minimum Gasteiger partial charge on any atom is -0.493 e. The van der Waals surface area contributed by atoms with Gasteiger partial charge in [0.2, 0.25) is 5.91 Å². The molecule has 1 aromatic rings. The molecule has 4 heteroatoms. The van der Waals surface area contributed by atoms with Crippen molar-refractivity contribution in [2.24, 2.45) is 0 Å². The predicted octanol–water partition coefficient (Wildman–Crippen LogP) is 3.69. The number of hydrogen-bond donors (Lipinski definition) is 1. The Morgan fingerprint density at radius 1 is 1.14 bits per heavy atom. The van der Waals surface area contributed by atoms with Crippen molar-refractivity contribution in [3.63, 3.8) is 0 Å². The Hall–Kier alpha value is -1.71. The lowest BCUT2D eigenvalue weighted by Crippen LogP contribution is -2.34. The Bertz CT molecular complexity index is 453. The number of carbonyl (C=O) groups is 1. The van der Waals surface area contributed by atoms with Crippen LogP contribution in [0.4, 0.5) is 0 Å². The Morgan fingerprint density at radius 3 is 2.50 bits per heavy atom. The lowest BCUT2D eigenvalue weighted by atomic mass is 10.1. The number of ether oxygens (including phenoxy) is 2. The average molecular weight is 305 g/mol. The van der Waals surface area contributed by atoms with Crippen molar-refractivity contribution in [2.75, 3.05) is 13.7 Å². The van der Waals surface area contributed by atoms with E-state index in [1.165, 1.54) is 25.7 Å². The molecule has 0 aromatic heterocycles. The second kappa shape index (κ2) is 9.34. The SMILES string of the molecule is COc1ccccc1OCCCC(=O)NC1CCCCCC1. The van der Waals surface area contributed by atoms with Crippen molar-refractivity contribution in [3.05, 3.63) is 24.3 Å². The van der Waals surface area contributed by atoms with E-state index in [1.807, 2.05) is 24.3 Å². The van der Waals surface area contributed by atoms with Crippen LogP contribution in [0.15, 0.2) is 24.3 Å². The van der Waals surface area contributed by atoms with E-state index in [4.69, 9.17) is 9.47 Å². The smallest absolute Gasteiger partial charge is 0.220 e. The van der Waals surface area contributed by atoms with E-state index in [1.54, 1.807) is 7.11 Å². The molecule has 22 heavy (non-hydrogen) atoms. The molecular weight excluding hydrogens is 278 g/mol. The molecule has 0 aliphatic heterocycles. The zero-order chi connectivity index (χ0) is 15.6. The maximum Gasteiger partial charge on any atom is 0.220 e. The highest BCUT2D eigenvalue weighted by Gasteiger charge is 2.14. The van der Waals surface area contributed by atoms with Crippen LogP contribution in [0.25, 0.3) is 0 Å². The van der Waals surface area contributed by atoms with Gasteiger partial charge in [-0.3, -0.25) is 4.79 Å². The Labute approximate surface area is 133 Å². The second-order valence-corrected chi connectivity index (χ2v) is 5.86. The summed E-state index contributed by atoms with van der Waals surface area (Å²) in [5, 5.41) is 3.16. The summed E-state index contributed by atoms with van der Waals surface area (Å²) in [5.74, 6) is 1.61. The lowest BCUT2D eigenvalue weighted by molar-refractivity contribution is -0.122. The fourth-order valence-electron chi connectivity index (χ4n) is 2.88. The first-order chi connectivity index (χ1) is 10.8. The van der Waals surface area contributed by atoms with Crippen molar-refractivity contribution in [2.45, 2.75) is 57.4 Å². The van der Waals surface area contributed by atoms with Crippen LogP contribution in [-0.4, -0.2) is 25.7 Å². The van der Waals surface area contributed by atoms with Gasteiger partial charge in [-0.15, -0.1) is 0 Å². The van der Waals surface area contributed by atoms with Gasteiger partial charge in [0.25, 0.3) is 0 Å². The number of para-hydroxylation sites is 2. The molecule has 1 aromatic carbocycles. The minimum absolute atomic E-state index is 0.149. The van der Waals surface area contributed by atoms with Gasteiger partial charge in [0.1, 0.15) is 0 Å². The number of amides is 1.